The fraction of sp³-hybridized carbons (Fsp3) is 0.500. The van der Waals surface area contributed by atoms with E-state index in [4.69, 9.17) is 0 Å². The van der Waals surface area contributed by atoms with E-state index in [0.29, 0.717) is 7.18 Å². The van der Waals surface area contributed by atoms with Crippen LogP contribution in [0.25, 0.3) is 0 Å². The van der Waals surface area contributed by atoms with Gasteiger partial charge in [0, 0.05) is 0 Å². The second-order valence-electron chi connectivity index (χ2n) is 2.34. The molecule has 0 unspecified atom stereocenters. The van der Waals surface area contributed by atoms with E-state index in [0.717, 1.165) is 6.42 Å². The summed E-state index contributed by atoms with van der Waals surface area (Å²) < 4.78 is 9.50. The Morgan fingerprint density at radius 2 is 1.38 bits per heavy atom. The number of halogens is 1. The van der Waals surface area contributed by atoms with Crippen molar-refractivity contribution < 1.29 is 4.39 Å². The van der Waals surface area contributed by atoms with E-state index in [1.807, 2.05) is 13.8 Å². The predicted octanol–water partition coefficient (Wildman–Crippen LogP) is 4.17. The predicted molar refractivity (Wildman–Crippen MR) is 58.9 cm³/mol. The molecule has 0 radical (unpaired) electrons. The van der Waals surface area contributed by atoms with Gasteiger partial charge in [0.1, 0.15) is 0 Å². The van der Waals surface area contributed by atoms with Crippen molar-refractivity contribution in [3.63, 3.8) is 0 Å². The van der Waals surface area contributed by atoms with Gasteiger partial charge in [-0.05, 0) is 18.9 Å². The van der Waals surface area contributed by atoms with Gasteiger partial charge in [0.05, 0.1) is 7.18 Å². The zero-order chi connectivity index (χ0) is 10.7. The maximum absolute atomic E-state index is 9.50. The van der Waals surface area contributed by atoms with E-state index in [9.17, 15) is 4.39 Å². The number of aryl methyl sites for hydroxylation is 2. The molecule has 76 valence electrons. The van der Waals surface area contributed by atoms with Crippen LogP contribution in [0.4, 0.5) is 4.39 Å². The van der Waals surface area contributed by atoms with Gasteiger partial charge in [0.2, 0.25) is 0 Å². The topological polar surface area (TPSA) is 0 Å². The summed E-state index contributed by atoms with van der Waals surface area (Å²) in [7, 11) is 0.500. The summed E-state index contributed by atoms with van der Waals surface area (Å²) in [6.45, 7) is 8.28. The highest BCUT2D eigenvalue weighted by molar-refractivity contribution is 5.20. The molecule has 0 bridgehead atoms. The molecule has 0 N–H and O–H groups in total. The Hall–Kier alpha value is -0.850. The van der Waals surface area contributed by atoms with Crippen LogP contribution in [0.1, 0.15) is 31.9 Å². The summed E-state index contributed by atoms with van der Waals surface area (Å²) in [4.78, 5) is 0. The third-order valence-electron chi connectivity index (χ3n) is 1.53. The van der Waals surface area contributed by atoms with Crippen molar-refractivity contribution in [2.24, 2.45) is 0 Å². The molecular formula is C12H21F. The molecule has 1 aromatic rings. The highest BCUT2D eigenvalue weighted by Gasteiger charge is 1.84. The van der Waals surface area contributed by atoms with Crippen LogP contribution in [-0.4, -0.2) is 7.18 Å². The molecular weight excluding hydrogens is 163 g/mol. The molecule has 0 aliphatic rings. The van der Waals surface area contributed by atoms with Gasteiger partial charge in [-0.2, -0.15) is 0 Å². The average Bonchev–Trinajstić information content (AvgIpc) is 2.25. The smallest absolute Gasteiger partial charge is 0.0785 e. The van der Waals surface area contributed by atoms with Crippen LogP contribution in [0, 0.1) is 6.92 Å². The molecule has 0 saturated heterocycles. The Balaban J connectivity index is 0. The van der Waals surface area contributed by atoms with Crippen molar-refractivity contribution in [2.45, 2.75) is 34.1 Å². The van der Waals surface area contributed by atoms with Gasteiger partial charge in [-0.1, -0.05) is 50.6 Å². The van der Waals surface area contributed by atoms with E-state index < -0.39 is 0 Å². The summed E-state index contributed by atoms with van der Waals surface area (Å²) in [6, 6.07) is 8.66. The molecule has 0 aromatic heterocycles. The summed E-state index contributed by atoms with van der Waals surface area (Å²) in [6.07, 6.45) is 1.14. The van der Waals surface area contributed by atoms with Gasteiger partial charge < -0.3 is 0 Å². The monoisotopic (exact) mass is 184 g/mol. The van der Waals surface area contributed by atoms with Gasteiger partial charge in [-0.3, -0.25) is 4.39 Å². The highest BCUT2D eigenvalue weighted by atomic mass is 19.1. The Morgan fingerprint density at radius 3 is 1.69 bits per heavy atom. The minimum atomic E-state index is 0.500. The van der Waals surface area contributed by atoms with Crippen molar-refractivity contribution in [1.29, 1.82) is 0 Å². The van der Waals surface area contributed by atoms with E-state index >= 15 is 0 Å². The molecule has 0 spiro atoms. The molecule has 0 atom stereocenters. The Kier molecular flexibility index (Phi) is 12.6. The molecule has 0 heterocycles. The molecule has 0 saturated carbocycles. The lowest BCUT2D eigenvalue weighted by atomic mass is 10.1. The fourth-order valence-corrected chi connectivity index (χ4v) is 0.824. The second kappa shape index (κ2) is 11.2. The van der Waals surface area contributed by atoms with Crippen molar-refractivity contribution in [2.75, 3.05) is 7.18 Å². The van der Waals surface area contributed by atoms with E-state index in [1.54, 1.807) is 0 Å². The lowest BCUT2D eigenvalue weighted by molar-refractivity contribution is 0.636. The van der Waals surface area contributed by atoms with Crippen molar-refractivity contribution in [3.05, 3.63) is 35.4 Å². The first-order valence-electron chi connectivity index (χ1n) is 4.76. The summed E-state index contributed by atoms with van der Waals surface area (Å²) in [5.41, 5.74) is 2.76. The third kappa shape index (κ3) is 7.51. The van der Waals surface area contributed by atoms with Crippen LogP contribution in [0.5, 0.6) is 0 Å². The molecule has 0 aliphatic carbocycles. The lowest BCUT2D eigenvalue weighted by Gasteiger charge is -1.94. The maximum atomic E-state index is 9.50. The third-order valence-corrected chi connectivity index (χ3v) is 1.53. The SMILES string of the molecule is CC.CCc1ccc(C)cc1.CF. The van der Waals surface area contributed by atoms with Gasteiger partial charge in [0.15, 0.2) is 0 Å². The Morgan fingerprint density at radius 1 is 1.00 bits per heavy atom. The zero-order valence-corrected chi connectivity index (χ0v) is 9.39. The number of hydrogen-bond donors (Lipinski definition) is 0. The van der Waals surface area contributed by atoms with Crippen molar-refractivity contribution >= 4 is 0 Å². The minimum absolute atomic E-state index is 0.500. The minimum Gasteiger partial charge on any atom is -0.255 e. The van der Waals surface area contributed by atoms with Crippen LogP contribution in [0.15, 0.2) is 24.3 Å². The fourth-order valence-electron chi connectivity index (χ4n) is 0.824. The van der Waals surface area contributed by atoms with Crippen LogP contribution in [0.3, 0.4) is 0 Å². The largest absolute Gasteiger partial charge is 0.255 e. The van der Waals surface area contributed by atoms with Gasteiger partial charge in [0.25, 0.3) is 0 Å². The lowest BCUT2D eigenvalue weighted by Crippen LogP contribution is -1.77. The van der Waals surface area contributed by atoms with Gasteiger partial charge in [-0.15, -0.1) is 0 Å². The summed E-state index contributed by atoms with van der Waals surface area (Å²) in [5, 5.41) is 0. The normalized spacial score (nSPS) is 7.54. The average molecular weight is 184 g/mol. The quantitative estimate of drug-likeness (QED) is 0.614. The second-order valence-corrected chi connectivity index (χ2v) is 2.34. The molecule has 13 heavy (non-hydrogen) atoms. The van der Waals surface area contributed by atoms with E-state index in [2.05, 4.69) is 38.1 Å². The van der Waals surface area contributed by atoms with Crippen LogP contribution >= 0.6 is 0 Å². The Labute approximate surface area is 81.8 Å². The number of rotatable bonds is 1. The number of hydrogen-bond acceptors (Lipinski definition) is 0. The van der Waals surface area contributed by atoms with Crippen molar-refractivity contribution in [3.8, 4) is 0 Å². The molecule has 0 fully saturated rings. The maximum Gasteiger partial charge on any atom is 0.0785 e. The molecule has 1 heteroatoms. The van der Waals surface area contributed by atoms with Crippen molar-refractivity contribution in [1.82, 2.24) is 0 Å². The first kappa shape index (κ1) is 14.7. The highest BCUT2D eigenvalue weighted by Crippen LogP contribution is 2.02. The first-order valence-corrected chi connectivity index (χ1v) is 4.76. The molecule has 0 nitrogen and oxygen atoms in total. The zero-order valence-electron chi connectivity index (χ0n) is 9.39. The number of alkyl halides is 1. The Bertz CT molecular complexity index is 177. The standard InChI is InChI=1S/C9H12.C2H6.CH3F/c1-3-9-6-4-8(2)5-7-9;2*1-2/h4-7H,3H2,1-2H3;1-2H3;1H3. The van der Waals surface area contributed by atoms with Crippen LogP contribution < -0.4 is 0 Å². The van der Waals surface area contributed by atoms with Gasteiger partial charge >= 0.3 is 0 Å². The van der Waals surface area contributed by atoms with Gasteiger partial charge in [-0.25, -0.2) is 0 Å². The molecule has 0 aliphatic heterocycles. The summed E-state index contributed by atoms with van der Waals surface area (Å²) >= 11 is 0. The summed E-state index contributed by atoms with van der Waals surface area (Å²) in [5.74, 6) is 0. The number of benzene rings is 1. The van der Waals surface area contributed by atoms with E-state index in [-0.39, 0.29) is 0 Å². The first-order chi connectivity index (χ1) is 6.33. The molecule has 1 rings (SSSR count). The molecule has 1 aromatic carbocycles. The van der Waals surface area contributed by atoms with Crippen LogP contribution in [0.2, 0.25) is 0 Å². The van der Waals surface area contributed by atoms with E-state index in [1.165, 1.54) is 11.1 Å². The van der Waals surface area contributed by atoms with Crippen LogP contribution in [-0.2, 0) is 6.42 Å². The molecule has 0 amide bonds.